The minimum Gasteiger partial charge on any atom is -0.493 e. The third-order valence-corrected chi connectivity index (χ3v) is 8.18. The standard InChI is InChI=1S/C20H24NO2/c1-21-11-8-14-4-6-16-19(10-12-21)17-13(7-9-20(14,19)21)3-5-15(22-2)18(17)23-16/h3-6,14,16H,7-12H2,1-2H3/q+1/t14-,16+,19-,20+,21?/m0/s1. The van der Waals surface area contributed by atoms with E-state index >= 15 is 0 Å². The van der Waals surface area contributed by atoms with Gasteiger partial charge in [-0.2, -0.15) is 0 Å². The lowest BCUT2D eigenvalue weighted by molar-refractivity contribution is -0.939. The fourth-order valence-electron chi connectivity index (χ4n) is 7.40. The molecule has 0 aromatic heterocycles. The van der Waals surface area contributed by atoms with Crippen LogP contribution in [-0.2, 0) is 11.8 Å². The van der Waals surface area contributed by atoms with Gasteiger partial charge in [-0.3, -0.25) is 0 Å². The van der Waals surface area contributed by atoms with E-state index < -0.39 is 0 Å². The van der Waals surface area contributed by atoms with Crippen LogP contribution in [0.5, 0.6) is 11.5 Å². The second kappa shape index (κ2) is 3.61. The molecule has 3 nitrogen and oxygen atoms in total. The second-order valence-corrected chi connectivity index (χ2v) is 8.44. The molecule has 0 amide bonds. The Morgan fingerprint density at radius 3 is 3.00 bits per heavy atom. The molecule has 2 spiro atoms. The molecule has 5 aliphatic rings. The van der Waals surface area contributed by atoms with Crippen LogP contribution >= 0.6 is 0 Å². The zero-order chi connectivity index (χ0) is 15.4. The van der Waals surface area contributed by atoms with Crippen molar-refractivity contribution in [3.05, 3.63) is 35.4 Å². The van der Waals surface area contributed by atoms with Gasteiger partial charge in [-0.05, 0) is 24.1 Å². The van der Waals surface area contributed by atoms with Crippen molar-refractivity contribution in [1.82, 2.24) is 0 Å². The van der Waals surface area contributed by atoms with Crippen LogP contribution in [0.2, 0.25) is 0 Å². The summed E-state index contributed by atoms with van der Waals surface area (Å²) in [6, 6.07) is 4.41. The lowest BCUT2D eigenvalue weighted by Crippen LogP contribution is -2.69. The van der Waals surface area contributed by atoms with Gasteiger partial charge in [-0.1, -0.05) is 12.1 Å². The van der Waals surface area contributed by atoms with Gasteiger partial charge >= 0.3 is 0 Å². The molecule has 1 unspecified atom stereocenters. The Bertz CT molecular complexity index is 771. The van der Waals surface area contributed by atoms with Crippen molar-refractivity contribution >= 4 is 0 Å². The smallest absolute Gasteiger partial charge is 0.166 e. The molecule has 2 saturated heterocycles. The van der Waals surface area contributed by atoms with Crippen LogP contribution in [0.4, 0.5) is 0 Å². The molecular formula is C20H24NO2+. The van der Waals surface area contributed by atoms with Crippen LogP contribution in [0.25, 0.3) is 0 Å². The minimum absolute atomic E-state index is 0.190. The van der Waals surface area contributed by atoms with Gasteiger partial charge in [0.05, 0.1) is 27.2 Å². The Labute approximate surface area is 137 Å². The van der Waals surface area contributed by atoms with E-state index in [4.69, 9.17) is 9.47 Å². The number of benzene rings is 1. The molecule has 3 heteroatoms. The monoisotopic (exact) mass is 310 g/mol. The van der Waals surface area contributed by atoms with Crippen molar-refractivity contribution in [3.63, 3.8) is 0 Å². The number of likely N-dealkylation sites (N-methyl/N-ethyl adjacent to an activating group) is 1. The predicted molar refractivity (Wildman–Crippen MR) is 87.9 cm³/mol. The summed E-state index contributed by atoms with van der Waals surface area (Å²) in [5.74, 6) is 2.70. The van der Waals surface area contributed by atoms with Crippen LogP contribution < -0.4 is 9.47 Å². The average Bonchev–Trinajstić information content (AvgIpc) is 3.15. The van der Waals surface area contributed by atoms with Crippen molar-refractivity contribution in [2.75, 3.05) is 27.2 Å². The van der Waals surface area contributed by atoms with E-state index in [0.717, 1.165) is 17.4 Å². The number of quaternary nitrogens is 1. The average molecular weight is 310 g/mol. The van der Waals surface area contributed by atoms with E-state index in [2.05, 4.69) is 31.3 Å². The summed E-state index contributed by atoms with van der Waals surface area (Å²) in [6.45, 7) is 2.63. The van der Waals surface area contributed by atoms with E-state index in [0.29, 0.717) is 5.54 Å². The van der Waals surface area contributed by atoms with Crippen LogP contribution in [0, 0.1) is 5.92 Å². The highest BCUT2D eigenvalue weighted by Gasteiger charge is 2.80. The first-order chi connectivity index (χ1) is 11.2. The maximum atomic E-state index is 6.57. The molecule has 6 rings (SSSR count). The molecule has 5 atom stereocenters. The molecule has 120 valence electrons. The first kappa shape index (κ1) is 12.9. The number of aryl methyl sites for hydroxylation is 1. The molecule has 1 aromatic rings. The highest BCUT2D eigenvalue weighted by atomic mass is 16.5. The molecule has 0 N–H and O–H groups in total. The number of rotatable bonds is 1. The third-order valence-electron chi connectivity index (χ3n) is 8.18. The van der Waals surface area contributed by atoms with Crippen LogP contribution in [-0.4, -0.2) is 43.4 Å². The summed E-state index contributed by atoms with van der Waals surface area (Å²) in [6.07, 6.45) is 10.2. The lowest BCUT2D eigenvalue weighted by Gasteiger charge is -2.55. The molecule has 23 heavy (non-hydrogen) atoms. The number of ether oxygens (including phenoxy) is 2. The topological polar surface area (TPSA) is 18.5 Å². The predicted octanol–water partition coefficient (Wildman–Crippen LogP) is 2.82. The third kappa shape index (κ3) is 1.06. The van der Waals surface area contributed by atoms with E-state index in [1.807, 2.05) is 0 Å². The summed E-state index contributed by atoms with van der Waals surface area (Å²) < 4.78 is 13.5. The number of hydrogen-bond acceptors (Lipinski definition) is 2. The Kier molecular flexibility index (Phi) is 2.02. The highest BCUT2D eigenvalue weighted by molar-refractivity contribution is 5.63. The summed E-state index contributed by atoms with van der Waals surface area (Å²) in [7, 11) is 4.29. The first-order valence-electron chi connectivity index (χ1n) is 9.06. The number of hydrogen-bond donors (Lipinski definition) is 0. The molecule has 2 aliphatic carbocycles. The maximum Gasteiger partial charge on any atom is 0.166 e. The molecule has 0 radical (unpaired) electrons. The fourth-order valence-corrected chi connectivity index (χ4v) is 7.40. The van der Waals surface area contributed by atoms with Crippen molar-refractivity contribution in [3.8, 4) is 11.5 Å². The van der Waals surface area contributed by atoms with Gasteiger partial charge in [-0.25, -0.2) is 0 Å². The molecule has 0 saturated carbocycles. The van der Waals surface area contributed by atoms with Gasteiger partial charge in [-0.15, -0.1) is 0 Å². The zero-order valence-electron chi connectivity index (χ0n) is 14.0. The zero-order valence-corrected chi connectivity index (χ0v) is 14.0. The fraction of sp³-hybridized carbons (Fsp3) is 0.600. The van der Waals surface area contributed by atoms with Crippen LogP contribution in [0.1, 0.15) is 30.4 Å². The molecule has 1 aromatic carbocycles. The van der Waals surface area contributed by atoms with Gasteiger partial charge in [0.15, 0.2) is 11.5 Å². The van der Waals surface area contributed by atoms with Gasteiger partial charge in [0.1, 0.15) is 17.1 Å². The maximum absolute atomic E-state index is 6.57. The largest absolute Gasteiger partial charge is 0.493 e. The van der Waals surface area contributed by atoms with Crippen molar-refractivity contribution in [2.24, 2.45) is 5.92 Å². The van der Waals surface area contributed by atoms with Gasteiger partial charge in [0.25, 0.3) is 0 Å². The Hall–Kier alpha value is -1.48. The quantitative estimate of drug-likeness (QED) is 0.586. The minimum atomic E-state index is 0.190. The Balaban J connectivity index is 1.74. The molecule has 3 heterocycles. The van der Waals surface area contributed by atoms with Gasteiger partial charge < -0.3 is 14.0 Å². The summed E-state index contributed by atoms with van der Waals surface area (Å²) in [4.78, 5) is 0. The number of nitrogens with zero attached hydrogens (tertiary/aromatic N) is 1. The van der Waals surface area contributed by atoms with Crippen molar-refractivity contribution in [2.45, 2.75) is 42.7 Å². The molecule has 2 fully saturated rings. The van der Waals surface area contributed by atoms with E-state index in [1.54, 1.807) is 7.11 Å². The highest BCUT2D eigenvalue weighted by Crippen LogP contribution is 2.71. The summed E-state index contributed by atoms with van der Waals surface area (Å²) in [5.41, 5.74) is 3.58. The van der Waals surface area contributed by atoms with E-state index in [9.17, 15) is 0 Å². The second-order valence-electron chi connectivity index (χ2n) is 8.44. The van der Waals surface area contributed by atoms with E-state index in [-0.39, 0.29) is 11.5 Å². The Morgan fingerprint density at radius 2 is 2.13 bits per heavy atom. The van der Waals surface area contributed by atoms with Crippen LogP contribution in [0.15, 0.2) is 24.3 Å². The summed E-state index contributed by atoms with van der Waals surface area (Å²) in [5, 5.41) is 0. The van der Waals surface area contributed by atoms with Gasteiger partial charge in [0, 0.05) is 30.7 Å². The SMILES string of the molecule is COc1ccc2c3c1O[C@@H]1C=C[C@H]4CC[N+]5(C)CC[C@@]31[C@@]45CC2. The number of methoxy groups -OCH3 is 1. The lowest BCUT2D eigenvalue weighted by atomic mass is 9.51. The van der Waals surface area contributed by atoms with Gasteiger partial charge in [0.2, 0.25) is 0 Å². The molecular weight excluding hydrogens is 286 g/mol. The summed E-state index contributed by atoms with van der Waals surface area (Å²) >= 11 is 0. The van der Waals surface area contributed by atoms with E-state index in [1.165, 1.54) is 54.4 Å². The van der Waals surface area contributed by atoms with Crippen molar-refractivity contribution in [1.29, 1.82) is 0 Å². The van der Waals surface area contributed by atoms with Crippen LogP contribution in [0.3, 0.4) is 0 Å². The van der Waals surface area contributed by atoms with Crippen molar-refractivity contribution < 1.29 is 14.0 Å². The Morgan fingerprint density at radius 1 is 1.22 bits per heavy atom. The normalized spacial score (nSPS) is 47.2. The molecule has 0 bridgehead atoms. The molecule has 3 aliphatic heterocycles. The first-order valence-corrected chi connectivity index (χ1v) is 9.06.